The average Bonchev–Trinajstić information content (AvgIpc) is 2.44. The molecule has 19 heavy (non-hydrogen) atoms. The lowest BCUT2D eigenvalue weighted by molar-refractivity contribution is 0.389. The van der Waals surface area contributed by atoms with Crippen molar-refractivity contribution in [3.8, 4) is 5.88 Å². The van der Waals surface area contributed by atoms with E-state index in [9.17, 15) is 0 Å². The van der Waals surface area contributed by atoms with Gasteiger partial charge in [-0.15, -0.1) is 0 Å². The van der Waals surface area contributed by atoms with Crippen LogP contribution < -0.4 is 10.1 Å². The van der Waals surface area contributed by atoms with E-state index in [4.69, 9.17) is 4.74 Å². The zero-order valence-corrected chi connectivity index (χ0v) is 11.1. The predicted octanol–water partition coefficient (Wildman–Crippen LogP) is 2.52. The molecule has 0 fully saturated rings. The van der Waals surface area contributed by atoms with E-state index in [1.54, 1.807) is 13.3 Å². The SMILES string of the molecule is COc1ncccc1CNCC1Cc2ccccc21. The maximum Gasteiger partial charge on any atom is 0.217 e. The first-order chi connectivity index (χ1) is 9.38. The first-order valence-electron chi connectivity index (χ1n) is 6.65. The van der Waals surface area contributed by atoms with Crippen LogP contribution in [-0.4, -0.2) is 18.6 Å². The van der Waals surface area contributed by atoms with E-state index in [1.807, 2.05) is 12.1 Å². The minimum atomic E-state index is 0.652. The van der Waals surface area contributed by atoms with Crippen molar-refractivity contribution in [1.29, 1.82) is 0 Å². The van der Waals surface area contributed by atoms with E-state index in [0.29, 0.717) is 11.8 Å². The summed E-state index contributed by atoms with van der Waals surface area (Å²) in [6.07, 6.45) is 2.94. The van der Waals surface area contributed by atoms with Gasteiger partial charge in [0.1, 0.15) is 0 Å². The molecule has 3 heteroatoms. The van der Waals surface area contributed by atoms with Gasteiger partial charge in [0.05, 0.1) is 7.11 Å². The van der Waals surface area contributed by atoms with Gasteiger partial charge in [-0.1, -0.05) is 30.3 Å². The van der Waals surface area contributed by atoms with Crippen molar-refractivity contribution in [1.82, 2.24) is 10.3 Å². The lowest BCUT2D eigenvalue weighted by Crippen LogP contribution is -2.28. The largest absolute Gasteiger partial charge is 0.481 e. The maximum atomic E-state index is 5.25. The van der Waals surface area contributed by atoms with E-state index in [1.165, 1.54) is 17.5 Å². The Bertz CT molecular complexity index is 568. The highest BCUT2D eigenvalue weighted by molar-refractivity contribution is 5.40. The van der Waals surface area contributed by atoms with Gasteiger partial charge in [0.2, 0.25) is 5.88 Å². The number of hydrogen-bond acceptors (Lipinski definition) is 3. The maximum absolute atomic E-state index is 5.25. The fourth-order valence-electron chi connectivity index (χ4n) is 2.67. The first kappa shape index (κ1) is 12.2. The summed E-state index contributed by atoms with van der Waals surface area (Å²) in [4.78, 5) is 4.20. The normalized spacial score (nSPS) is 16.6. The van der Waals surface area contributed by atoms with Crippen molar-refractivity contribution in [2.45, 2.75) is 18.9 Å². The molecule has 1 N–H and O–H groups in total. The molecular weight excluding hydrogens is 236 g/mol. The molecule has 0 amide bonds. The number of nitrogens with one attached hydrogen (secondary N) is 1. The van der Waals surface area contributed by atoms with Gasteiger partial charge in [0, 0.05) is 30.8 Å². The van der Waals surface area contributed by atoms with Crippen molar-refractivity contribution in [3.05, 3.63) is 59.3 Å². The predicted molar refractivity (Wildman–Crippen MR) is 75.4 cm³/mol. The molecule has 1 aromatic heterocycles. The number of aromatic nitrogens is 1. The highest BCUT2D eigenvalue weighted by Crippen LogP contribution is 2.34. The van der Waals surface area contributed by atoms with Crippen molar-refractivity contribution in [2.24, 2.45) is 0 Å². The molecule has 1 aliphatic carbocycles. The summed E-state index contributed by atoms with van der Waals surface area (Å²) in [5, 5.41) is 3.50. The van der Waals surface area contributed by atoms with Gasteiger partial charge in [-0.3, -0.25) is 0 Å². The summed E-state index contributed by atoms with van der Waals surface area (Å²) in [5.41, 5.74) is 4.10. The van der Waals surface area contributed by atoms with Crippen LogP contribution in [0.3, 0.4) is 0 Å². The van der Waals surface area contributed by atoms with E-state index in [-0.39, 0.29) is 0 Å². The minimum absolute atomic E-state index is 0.652. The fourth-order valence-corrected chi connectivity index (χ4v) is 2.67. The molecule has 1 unspecified atom stereocenters. The van der Waals surface area contributed by atoms with Crippen LogP contribution in [-0.2, 0) is 13.0 Å². The second kappa shape index (κ2) is 5.41. The summed E-state index contributed by atoms with van der Waals surface area (Å²) < 4.78 is 5.25. The Kier molecular flexibility index (Phi) is 3.47. The number of nitrogens with zero attached hydrogens (tertiary/aromatic N) is 1. The molecule has 3 nitrogen and oxygen atoms in total. The Morgan fingerprint density at radius 2 is 2.16 bits per heavy atom. The van der Waals surface area contributed by atoms with Gasteiger partial charge in [0.25, 0.3) is 0 Å². The number of benzene rings is 1. The first-order valence-corrected chi connectivity index (χ1v) is 6.65. The Morgan fingerprint density at radius 3 is 3.00 bits per heavy atom. The molecule has 0 radical (unpaired) electrons. The van der Waals surface area contributed by atoms with Crippen LogP contribution in [0.15, 0.2) is 42.6 Å². The summed E-state index contributed by atoms with van der Waals surface area (Å²) in [6.45, 7) is 1.81. The third kappa shape index (κ3) is 2.47. The van der Waals surface area contributed by atoms with Gasteiger partial charge in [-0.25, -0.2) is 4.98 Å². The molecule has 2 aromatic rings. The van der Waals surface area contributed by atoms with E-state index >= 15 is 0 Å². The summed E-state index contributed by atoms with van der Waals surface area (Å²) in [7, 11) is 1.66. The van der Waals surface area contributed by atoms with Gasteiger partial charge < -0.3 is 10.1 Å². The molecule has 0 spiro atoms. The van der Waals surface area contributed by atoms with Gasteiger partial charge >= 0.3 is 0 Å². The number of pyridine rings is 1. The number of fused-ring (bicyclic) bond motifs is 1. The second-order valence-electron chi connectivity index (χ2n) is 4.90. The molecule has 1 heterocycles. The molecule has 3 rings (SSSR count). The summed E-state index contributed by atoms with van der Waals surface area (Å²) >= 11 is 0. The van der Waals surface area contributed by atoms with Gasteiger partial charge in [-0.05, 0) is 23.6 Å². The van der Waals surface area contributed by atoms with Gasteiger partial charge in [-0.2, -0.15) is 0 Å². The molecule has 0 aliphatic heterocycles. The van der Waals surface area contributed by atoms with Crippen LogP contribution in [0.2, 0.25) is 0 Å². The van der Waals surface area contributed by atoms with Crippen molar-refractivity contribution in [2.75, 3.05) is 13.7 Å². The summed E-state index contributed by atoms with van der Waals surface area (Å²) in [6, 6.07) is 12.7. The molecular formula is C16H18N2O. The minimum Gasteiger partial charge on any atom is -0.481 e. The van der Waals surface area contributed by atoms with Crippen LogP contribution in [0.4, 0.5) is 0 Å². The zero-order valence-electron chi connectivity index (χ0n) is 11.1. The van der Waals surface area contributed by atoms with E-state index in [0.717, 1.165) is 18.7 Å². The van der Waals surface area contributed by atoms with Crippen LogP contribution in [0, 0.1) is 0 Å². The van der Waals surface area contributed by atoms with Gasteiger partial charge in [0.15, 0.2) is 0 Å². The molecule has 1 aliphatic rings. The standard InChI is InChI=1S/C16H18N2O/c1-19-16-13(6-4-8-18-16)10-17-11-14-9-12-5-2-3-7-15(12)14/h2-8,14,17H,9-11H2,1H3. The average molecular weight is 254 g/mol. The lowest BCUT2D eigenvalue weighted by atomic mass is 9.77. The van der Waals surface area contributed by atoms with Crippen molar-refractivity contribution < 1.29 is 4.74 Å². The monoisotopic (exact) mass is 254 g/mol. The molecule has 0 bridgehead atoms. The van der Waals surface area contributed by atoms with E-state index < -0.39 is 0 Å². The van der Waals surface area contributed by atoms with Crippen LogP contribution >= 0.6 is 0 Å². The highest BCUT2D eigenvalue weighted by Gasteiger charge is 2.24. The number of ether oxygens (including phenoxy) is 1. The second-order valence-corrected chi connectivity index (χ2v) is 4.90. The van der Waals surface area contributed by atoms with E-state index in [2.05, 4.69) is 34.6 Å². The number of methoxy groups -OCH3 is 1. The molecule has 1 atom stereocenters. The van der Waals surface area contributed by atoms with Crippen molar-refractivity contribution >= 4 is 0 Å². The Balaban J connectivity index is 1.55. The highest BCUT2D eigenvalue weighted by atomic mass is 16.5. The van der Waals surface area contributed by atoms with Crippen LogP contribution in [0.25, 0.3) is 0 Å². The zero-order chi connectivity index (χ0) is 13.1. The number of rotatable bonds is 5. The molecule has 98 valence electrons. The molecule has 1 aromatic carbocycles. The van der Waals surface area contributed by atoms with Crippen molar-refractivity contribution in [3.63, 3.8) is 0 Å². The smallest absolute Gasteiger partial charge is 0.217 e. The summed E-state index contributed by atoms with van der Waals surface area (Å²) in [5.74, 6) is 1.36. The topological polar surface area (TPSA) is 34.1 Å². The molecule has 0 saturated heterocycles. The Labute approximate surface area is 113 Å². The van der Waals surface area contributed by atoms with Crippen LogP contribution in [0.1, 0.15) is 22.6 Å². The third-order valence-electron chi connectivity index (χ3n) is 3.71. The number of hydrogen-bond donors (Lipinski definition) is 1. The fraction of sp³-hybridized carbons (Fsp3) is 0.312. The quantitative estimate of drug-likeness (QED) is 0.890. The third-order valence-corrected chi connectivity index (χ3v) is 3.71. The molecule has 0 saturated carbocycles. The Morgan fingerprint density at radius 1 is 1.26 bits per heavy atom. The lowest BCUT2D eigenvalue weighted by Gasteiger charge is -2.30. The Hall–Kier alpha value is -1.87. The van der Waals surface area contributed by atoms with Crippen LogP contribution in [0.5, 0.6) is 5.88 Å².